The van der Waals surface area contributed by atoms with E-state index >= 15 is 0 Å². The largest absolute Gasteiger partial charge is 0.382 e. The molecule has 0 bridgehead atoms. The number of rotatable bonds is 2. The lowest BCUT2D eigenvalue weighted by atomic mass is 10.3. The summed E-state index contributed by atoms with van der Waals surface area (Å²) < 4.78 is 2.63. The maximum atomic E-state index is 12.1. The van der Waals surface area contributed by atoms with Gasteiger partial charge >= 0.3 is 0 Å². The van der Waals surface area contributed by atoms with Gasteiger partial charge in [0.25, 0.3) is 5.91 Å². The molecule has 0 aliphatic carbocycles. The summed E-state index contributed by atoms with van der Waals surface area (Å²) in [5.74, 6) is 0.677. The quantitative estimate of drug-likeness (QED) is 0.894. The molecule has 2 rings (SSSR count). The Labute approximate surface area is 113 Å². The highest BCUT2D eigenvalue weighted by atomic mass is 79.9. The molecule has 2 aromatic rings. The number of aryl methyl sites for hydroxylation is 1. The number of anilines is 2. The van der Waals surface area contributed by atoms with Gasteiger partial charge < -0.3 is 15.6 Å². The van der Waals surface area contributed by atoms with Crippen molar-refractivity contribution in [2.45, 2.75) is 6.92 Å². The summed E-state index contributed by atoms with van der Waals surface area (Å²) in [4.78, 5) is 16.2. The van der Waals surface area contributed by atoms with Crippen LogP contribution in [-0.2, 0) is 7.05 Å². The van der Waals surface area contributed by atoms with Gasteiger partial charge in [0, 0.05) is 17.2 Å². The van der Waals surface area contributed by atoms with Crippen LogP contribution in [0.15, 0.2) is 28.7 Å². The lowest BCUT2D eigenvalue weighted by Crippen LogP contribution is -2.17. The van der Waals surface area contributed by atoms with E-state index in [1.807, 2.05) is 12.1 Å². The summed E-state index contributed by atoms with van der Waals surface area (Å²) in [6.45, 7) is 1.80. The summed E-state index contributed by atoms with van der Waals surface area (Å²) in [6.07, 6.45) is 0. The van der Waals surface area contributed by atoms with Crippen molar-refractivity contribution in [3.05, 3.63) is 40.3 Å². The molecule has 3 N–H and O–H groups in total. The number of aromatic nitrogens is 2. The summed E-state index contributed by atoms with van der Waals surface area (Å²) in [7, 11) is 1.76. The van der Waals surface area contributed by atoms with E-state index in [1.165, 1.54) is 0 Å². The van der Waals surface area contributed by atoms with Crippen molar-refractivity contribution in [1.29, 1.82) is 0 Å². The molecule has 0 aliphatic heterocycles. The molecule has 1 aromatic carbocycles. The molecule has 1 amide bonds. The molecule has 18 heavy (non-hydrogen) atoms. The first-order valence-corrected chi connectivity index (χ1v) is 6.14. The Morgan fingerprint density at radius 2 is 2.00 bits per heavy atom. The number of nitrogens with one attached hydrogen (secondary N) is 1. The van der Waals surface area contributed by atoms with Crippen molar-refractivity contribution < 1.29 is 4.79 Å². The van der Waals surface area contributed by atoms with E-state index in [0.29, 0.717) is 17.2 Å². The van der Waals surface area contributed by atoms with Crippen molar-refractivity contribution in [3.63, 3.8) is 0 Å². The first-order chi connectivity index (χ1) is 8.49. The van der Waals surface area contributed by atoms with Gasteiger partial charge in [-0.2, -0.15) is 0 Å². The van der Waals surface area contributed by atoms with E-state index in [-0.39, 0.29) is 11.7 Å². The number of imidazole rings is 1. The summed E-state index contributed by atoms with van der Waals surface area (Å²) >= 11 is 3.34. The Balaban J connectivity index is 2.24. The van der Waals surface area contributed by atoms with Crippen LogP contribution in [-0.4, -0.2) is 15.5 Å². The van der Waals surface area contributed by atoms with Gasteiger partial charge in [0.1, 0.15) is 5.82 Å². The summed E-state index contributed by atoms with van der Waals surface area (Å²) in [5, 5.41) is 2.78. The number of hydrogen-bond donors (Lipinski definition) is 2. The minimum Gasteiger partial charge on any atom is -0.382 e. The Morgan fingerprint density at radius 1 is 1.39 bits per heavy atom. The SMILES string of the molecule is Cc1nc(N)c(C(=O)Nc2ccc(Br)cc2)n1C. The average molecular weight is 309 g/mol. The topological polar surface area (TPSA) is 72.9 Å². The monoisotopic (exact) mass is 308 g/mol. The van der Waals surface area contributed by atoms with Crippen molar-refractivity contribution in [3.8, 4) is 0 Å². The molecule has 6 heteroatoms. The Morgan fingerprint density at radius 3 is 2.50 bits per heavy atom. The maximum absolute atomic E-state index is 12.1. The zero-order chi connectivity index (χ0) is 13.3. The number of halogens is 1. The Bertz CT molecular complexity index is 589. The second kappa shape index (κ2) is 4.81. The maximum Gasteiger partial charge on any atom is 0.276 e. The molecule has 1 heterocycles. The fourth-order valence-electron chi connectivity index (χ4n) is 1.63. The third kappa shape index (κ3) is 2.38. The van der Waals surface area contributed by atoms with Crippen molar-refractivity contribution in [2.24, 2.45) is 7.05 Å². The highest BCUT2D eigenvalue weighted by Gasteiger charge is 2.17. The molecule has 0 unspecified atom stereocenters. The molecule has 0 atom stereocenters. The fraction of sp³-hybridized carbons (Fsp3) is 0.167. The molecule has 0 saturated carbocycles. The van der Waals surface area contributed by atoms with Gasteiger partial charge in [-0.3, -0.25) is 4.79 Å². The highest BCUT2D eigenvalue weighted by molar-refractivity contribution is 9.10. The van der Waals surface area contributed by atoms with E-state index in [2.05, 4.69) is 26.2 Å². The predicted octanol–water partition coefficient (Wildman–Crippen LogP) is 2.33. The lowest BCUT2D eigenvalue weighted by molar-refractivity contribution is 0.102. The van der Waals surface area contributed by atoms with Crippen LogP contribution in [0.25, 0.3) is 0 Å². The molecule has 0 radical (unpaired) electrons. The predicted molar refractivity (Wildman–Crippen MR) is 74.5 cm³/mol. The molecule has 1 aromatic heterocycles. The fourth-order valence-corrected chi connectivity index (χ4v) is 1.89. The minimum atomic E-state index is -0.266. The number of nitrogen functional groups attached to an aromatic ring is 1. The van der Waals surface area contributed by atoms with E-state index in [9.17, 15) is 4.79 Å². The van der Waals surface area contributed by atoms with Crippen LogP contribution in [0.4, 0.5) is 11.5 Å². The molecule has 5 nitrogen and oxygen atoms in total. The Kier molecular flexibility index (Phi) is 3.38. The number of carbonyl (C=O) groups is 1. The third-order valence-electron chi connectivity index (χ3n) is 2.66. The van der Waals surface area contributed by atoms with E-state index < -0.39 is 0 Å². The van der Waals surface area contributed by atoms with E-state index in [4.69, 9.17) is 5.73 Å². The van der Waals surface area contributed by atoms with Gasteiger partial charge in [-0.15, -0.1) is 0 Å². The standard InChI is InChI=1S/C12H13BrN4O/c1-7-15-11(14)10(17(7)2)12(18)16-9-5-3-8(13)4-6-9/h3-6H,14H2,1-2H3,(H,16,18). The van der Waals surface area contributed by atoms with Crippen molar-refractivity contribution in [2.75, 3.05) is 11.1 Å². The first kappa shape index (κ1) is 12.6. The van der Waals surface area contributed by atoms with Crippen LogP contribution < -0.4 is 11.1 Å². The van der Waals surface area contributed by atoms with Gasteiger partial charge in [0.2, 0.25) is 0 Å². The van der Waals surface area contributed by atoms with E-state index in [1.54, 1.807) is 30.7 Å². The van der Waals surface area contributed by atoms with Crippen LogP contribution >= 0.6 is 15.9 Å². The number of amides is 1. The van der Waals surface area contributed by atoms with Crippen LogP contribution in [0.2, 0.25) is 0 Å². The second-order valence-electron chi connectivity index (χ2n) is 3.91. The van der Waals surface area contributed by atoms with Crippen LogP contribution in [0.1, 0.15) is 16.3 Å². The number of hydrogen-bond acceptors (Lipinski definition) is 3. The molecule has 0 spiro atoms. The summed E-state index contributed by atoms with van der Waals surface area (Å²) in [5.41, 5.74) is 6.80. The first-order valence-electron chi connectivity index (χ1n) is 5.34. The van der Waals surface area contributed by atoms with Crippen LogP contribution in [0, 0.1) is 6.92 Å². The second-order valence-corrected chi connectivity index (χ2v) is 4.83. The number of nitrogens with two attached hydrogens (primary N) is 1. The lowest BCUT2D eigenvalue weighted by Gasteiger charge is -2.07. The number of nitrogens with zero attached hydrogens (tertiary/aromatic N) is 2. The van der Waals surface area contributed by atoms with Crippen molar-refractivity contribution in [1.82, 2.24) is 9.55 Å². The average Bonchev–Trinajstić information content (AvgIpc) is 2.56. The zero-order valence-electron chi connectivity index (χ0n) is 10.1. The van der Waals surface area contributed by atoms with Crippen molar-refractivity contribution >= 4 is 33.3 Å². The molecule has 0 aliphatic rings. The Hall–Kier alpha value is -1.82. The molecule has 0 saturated heterocycles. The minimum absolute atomic E-state index is 0.240. The normalized spacial score (nSPS) is 10.4. The van der Waals surface area contributed by atoms with Crippen LogP contribution in [0.5, 0.6) is 0 Å². The van der Waals surface area contributed by atoms with Gasteiger partial charge in [-0.1, -0.05) is 15.9 Å². The zero-order valence-corrected chi connectivity index (χ0v) is 11.7. The number of benzene rings is 1. The molecule has 0 fully saturated rings. The summed E-state index contributed by atoms with van der Waals surface area (Å²) in [6, 6.07) is 7.32. The van der Waals surface area contributed by atoms with Crippen LogP contribution in [0.3, 0.4) is 0 Å². The van der Waals surface area contributed by atoms with E-state index in [0.717, 1.165) is 4.47 Å². The van der Waals surface area contributed by atoms with Gasteiger partial charge in [-0.25, -0.2) is 4.98 Å². The molecule has 94 valence electrons. The third-order valence-corrected chi connectivity index (χ3v) is 3.19. The van der Waals surface area contributed by atoms with Gasteiger partial charge in [-0.05, 0) is 31.2 Å². The van der Waals surface area contributed by atoms with Gasteiger partial charge in [0.15, 0.2) is 11.5 Å². The smallest absolute Gasteiger partial charge is 0.276 e. The number of carbonyl (C=O) groups excluding carboxylic acids is 1. The molecular weight excluding hydrogens is 296 g/mol. The van der Waals surface area contributed by atoms with Gasteiger partial charge in [0.05, 0.1) is 0 Å². The molecular formula is C12H13BrN4O. The highest BCUT2D eigenvalue weighted by Crippen LogP contribution is 2.17.